The van der Waals surface area contributed by atoms with Crippen LogP contribution in [0, 0.1) is 5.82 Å². The second-order valence-electron chi connectivity index (χ2n) is 5.83. The second-order valence-corrected chi connectivity index (χ2v) is 5.83. The predicted molar refractivity (Wildman–Crippen MR) is 96.9 cm³/mol. The number of benzene rings is 3. The molecule has 122 valence electrons. The summed E-state index contributed by atoms with van der Waals surface area (Å²) in [5.74, 6) is -0.341. The minimum Gasteiger partial charge on any atom is -0.268 e. The predicted octanol–water partition coefficient (Wildman–Crippen LogP) is 4.25. The Labute approximate surface area is 144 Å². The molecule has 0 bridgehead atoms. The third-order valence-electron chi connectivity index (χ3n) is 4.21. The van der Waals surface area contributed by atoms with E-state index >= 15 is 0 Å². The lowest BCUT2D eigenvalue weighted by Crippen LogP contribution is -2.23. The van der Waals surface area contributed by atoms with E-state index in [1.54, 1.807) is 24.3 Å². The van der Waals surface area contributed by atoms with Crippen molar-refractivity contribution in [2.75, 3.05) is 0 Å². The van der Waals surface area contributed by atoms with Crippen LogP contribution in [0.3, 0.4) is 0 Å². The summed E-state index contributed by atoms with van der Waals surface area (Å²) in [4.78, 5) is 12.2. The Hall–Kier alpha value is -3.27. The van der Waals surface area contributed by atoms with Crippen LogP contribution >= 0.6 is 0 Å². The first-order valence-corrected chi connectivity index (χ1v) is 8.02. The summed E-state index contributed by atoms with van der Waals surface area (Å²) in [5.41, 5.74) is 1.81. The number of hydrogen-bond donors (Lipinski definition) is 0. The summed E-state index contributed by atoms with van der Waals surface area (Å²) in [6, 6.07) is 23.6. The van der Waals surface area contributed by atoms with Crippen molar-refractivity contribution in [3.05, 3.63) is 101 Å². The van der Waals surface area contributed by atoms with E-state index in [4.69, 9.17) is 0 Å². The van der Waals surface area contributed by atoms with Gasteiger partial charge in [0.25, 0.3) is 5.56 Å². The molecule has 0 atom stereocenters. The van der Waals surface area contributed by atoms with Crippen LogP contribution in [0.15, 0.2) is 83.7 Å². The molecule has 0 spiro atoms. The van der Waals surface area contributed by atoms with Crippen LogP contribution in [-0.2, 0) is 6.54 Å². The first kappa shape index (κ1) is 15.3. The molecule has 1 heterocycles. The first-order valence-electron chi connectivity index (χ1n) is 8.02. The highest BCUT2D eigenvalue weighted by Crippen LogP contribution is 2.26. The molecule has 0 N–H and O–H groups in total. The van der Waals surface area contributed by atoms with Gasteiger partial charge in [0.2, 0.25) is 0 Å². The molecule has 4 heteroatoms. The maximum atomic E-state index is 13.9. The third kappa shape index (κ3) is 2.94. The highest BCUT2D eigenvalue weighted by Gasteiger charge is 2.09. The summed E-state index contributed by atoms with van der Waals surface area (Å²) in [6.45, 7) is 0.101. The number of aromatic nitrogens is 2. The van der Waals surface area contributed by atoms with Crippen LogP contribution in [0.2, 0.25) is 0 Å². The maximum Gasteiger partial charge on any atom is 0.267 e. The van der Waals surface area contributed by atoms with E-state index < -0.39 is 0 Å². The molecule has 0 aliphatic heterocycles. The standard InChI is InChI=1S/C21H15FN2O/c22-19-11-4-2-7-16(19)14-24-21(25)13-12-20(23-24)18-10-5-8-15-6-1-3-9-17(15)18/h1-13H,14H2. The number of hydrogen-bond acceptors (Lipinski definition) is 2. The molecular weight excluding hydrogens is 315 g/mol. The lowest BCUT2D eigenvalue weighted by atomic mass is 10.0. The SMILES string of the molecule is O=c1ccc(-c2cccc3ccccc23)nn1Cc1ccccc1F. The Morgan fingerprint density at radius 1 is 0.840 bits per heavy atom. The normalized spacial score (nSPS) is 10.9. The monoisotopic (exact) mass is 330 g/mol. The fourth-order valence-electron chi connectivity index (χ4n) is 2.94. The highest BCUT2D eigenvalue weighted by atomic mass is 19.1. The fourth-order valence-corrected chi connectivity index (χ4v) is 2.94. The van der Waals surface area contributed by atoms with Crippen LogP contribution in [0.4, 0.5) is 4.39 Å². The van der Waals surface area contributed by atoms with E-state index in [0.29, 0.717) is 11.3 Å². The molecule has 4 aromatic rings. The van der Waals surface area contributed by atoms with Gasteiger partial charge in [-0.1, -0.05) is 60.7 Å². The molecule has 3 aromatic carbocycles. The zero-order chi connectivity index (χ0) is 17.2. The number of fused-ring (bicyclic) bond motifs is 1. The lowest BCUT2D eigenvalue weighted by Gasteiger charge is -2.10. The molecule has 0 saturated heterocycles. The van der Waals surface area contributed by atoms with Crippen molar-refractivity contribution >= 4 is 10.8 Å². The third-order valence-corrected chi connectivity index (χ3v) is 4.21. The molecule has 25 heavy (non-hydrogen) atoms. The first-order chi connectivity index (χ1) is 12.2. The van der Waals surface area contributed by atoms with Gasteiger partial charge in [-0.15, -0.1) is 0 Å². The van der Waals surface area contributed by atoms with Crippen LogP contribution in [0.1, 0.15) is 5.56 Å². The van der Waals surface area contributed by atoms with Gasteiger partial charge in [-0.3, -0.25) is 4.79 Å². The van der Waals surface area contributed by atoms with Crippen molar-refractivity contribution in [1.29, 1.82) is 0 Å². The molecular formula is C21H15FN2O. The molecule has 0 fully saturated rings. The number of halogens is 1. The van der Waals surface area contributed by atoms with E-state index in [-0.39, 0.29) is 17.9 Å². The molecule has 0 unspecified atom stereocenters. The van der Waals surface area contributed by atoms with E-state index in [1.807, 2.05) is 42.5 Å². The van der Waals surface area contributed by atoms with Crippen molar-refractivity contribution in [2.24, 2.45) is 0 Å². The second kappa shape index (κ2) is 6.32. The van der Waals surface area contributed by atoms with Crippen molar-refractivity contribution in [3.63, 3.8) is 0 Å². The highest BCUT2D eigenvalue weighted by molar-refractivity contribution is 5.95. The summed E-state index contributed by atoms with van der Waals surface area (Å²) >= 11 is 0. The van der Waals surface area contributed by atoms with Gasteiger partial charge >= 0.3 is 0 Å². The molecule has 0 saturated carbocycles. The van der Waals surface area contributed by atoms with Gasteiger partial charge in [0.15, 0.2) is 0 Å². The van der Waals surface area contributed by atoms with E-state index in [0.717, 1.165) is 16.3 Å². The van der Waals surface area contributed by atoms with Gasteiger partial charge in [0.1, 0.15) is 5.82 Å². The Bertz CT molecular complexity index is 1110. The zero-order valence-corrected chi connectivity index (χ0v) is 13.4. The van der Waals surface area contributed by atoms with Gasteiger partial charge < -0.3 is 0 Å². The molecule has 4 rings (SSSR count). The Morgan fingerprint density at radius 3 is 2.48 bits per heavy atom. The molecule has 0 radical (unpaired) electrons. The minimum atomic E-state index is -0.341. The fraction of sp³-hybridized carbons (Fsp3) is 0.0476. The van der Waals surface area contributed by atoms with Crippen molar-refractivity contribution in [2.45, 2.75) is 6.54 Å². The molecule has 0 aliphatic carbocycles. The Morgan fingerprint density at radius 2 is 1.60 bits per heavy atom. The van der Waals surface area contributed by atoms with E-state index in [9.17, 15) is 9.18 Å². The summed E-state index contributed by atoms with van der Waals surface area (Å²) < 4.78 is 15.2. The Kier molecular flexibility index (Phi) is 3.86. The minimum absolute atomic E-state index is 0.101. The van der Waals surface area contributed by atoms with Crippen molar-refractivity contribution in [1.82, 2.24) is 9.78 Å². The van der Waals surface area contributed by atoms with Gasteiger partial charge in [-0.2, -0.15) is 5.10 Å². The molecule has 3 nitrogen and oxygen atoms in total. The summed E-state index contributed by atoms with van der Waals surface area (Å²) in [5, 5.41) is 6.64. The van der Waals surface area contributed by atoms with Gasteiger partial charge in [0, 0.05) is 17.2 Å². The topological polar surface area (TPSA) is 34.9 Å². The summed E-state index contributed by atoms with van der Waals surface area (Å²) in [7, 11) is 0. The van der Waals surface area contributed by atoms with Crippen LogP contribution in [-0.4, -0.2) is 9.78 Å². The van der Waals surface area contributed by atoms with E-state index in [1.165, 1.54) is 16.8 Å². The molecule has 1 aromatic heterocycles. The Balaban J connectivity index is 1.82. The van der Waals surface area contributed by atoms with Crippen LogP contribution < -0.4 is 5.56 Å². The largest absolute Gasteiger partial charge is 0.268 e. The maximum absolute atomic E-state index is 13.9. The van der Waals surface area contributed by atoms with Gasteiger partial charge in [-0.25, -0.2) is 9.07 Å². The van der Waals surface area contributed by atoms with Crippen LogP contribution in [0.25, 0.3) is 22.0 Å². The van der Waals surface area contributed by atoms with Gasteiger partial charge in [0.05, 0.1) is 12.2 Å². The average molecular weight is 330 g/mol. The summed E-state index contributed by atoms with van der Waals surface area (Å²) in [6.07, 6.45) is 0. The van der Waals surface area contributed by atoms with Crippen LogP contribution in [0.5, 0.6) is 0 Å². The zero-order valence-electron chi connectivity index (χ0n) is 13.4. The quantitative estimate of drug-likeness (QED) is 0.563. The van der Waals surface area contributed by atoms with E-state index in [2.05, 4.69) is 5.10 Å². The average Bonchev–Trinajstić information content (AvgIpc) is 2.65. The number of rotatable bonds is 3. The van der Waals surface area contributed by atoms with Crippen molar-refractivity contribution in [3.8, 4) is 11.3 Å². The van der Waals surface area contributed by atoms with Gasteiger partial charge in [-0.05, 0) is 22.9 Å². The lowest BCUT2D eigenvalue weighted by molar-refractivity contribution is 0.573. The molecule has 0 amide bonds. The number of nitrogens with zero attached hydrogens (tertiary/aromatic N) is 2. The van der Waals surface area contributed by atoms with Crippen molar-refractivity contribution < 1.29 is 4.39 Å². The smallest absolute Gasteiger partial charge is 0.267 e. The molecule has 0 aliphatic rings.